The number of ether oxygens (including phenoxy) is 1. The maximum atomic E-state index is 5.63. The van der Waals surface area contributed by atoms with Crippen LogP contribution in [0.3, 0.4) is 0 Å². The monoisotopic (exact) mass is 469 g/mol. The summed E-state index contributed by atoms with van der Waals surface area (Å²) in [6, 6.07) is 12.1. The van der Waals surface area contributed by atoms with Gasteiger partial charge in [-0.15, -0.1) is 24.0 Å². The van der Waals surface area contributed by atoms with Crippen LogP contribution >= 0.6 is 24.0 Å². The largest absolute Gasteiger partial charge is 0.381 e. The maximum absolute atomic E-state index is 5.63. The van der Waals surface area contributed by atoms with E-state index in [-0.39, 0.29) is 24.0 Å². The molecule has 26 heavy (non-hydrogen) atoms. The molecule has 1 fully saturated rings. The Hall–Kier alpha value is -1.61. The molecule has 1 aromatic carbocycles. The second-order valence-corrected chi connectivity index (χ2v) is 6.31. The number of hydrogen-bond acceptors (Lipinski definition) is 3. The highest BCUT2D eigenvalue weighted by Crippen LogP contribution is 2.28. The maximum Gasteiger partial charge on any atom is 0.191 e. The average molecular weight is 469 g/mol. The second kappa shape index (κ2) is 11.2. The first kappa shape index (κ1) is 20.7. The van der Waals surface area contributed by atoms with Gasteiger partial charge >= 0.3 is 0 Å². The zero-order valence-electron chi connectivity index (χ0n) is 15.2. The number of aromatic nitrogens is 2. The number of benzene rings is 1. The van der Waals surface area contributed by atoms with Gasteiger partial charge < -0.3 is 15.4 Å². The molecule has 3 rings (SSSR count). The predicted octanol–water partition coefficient (Wildman–Crippen LogP) is 2.97. The molecule has 1 aliphatic carbocycles. The number of nitrogens with zero attached hydrogens (tertiary/aromatic N) is 3. The molecule has 0 spiro atoms. The lowest BCUT2D eigenvalue weighted by Gasteiger charge is -2.11. The molecule has 1 saturated carbocycles. The molecule has 1 aliphatic rings. The molecule has 0 unspecified atom stereocenters. The normalized spacial score (nSPS) is 14.0. The van der Waals surface area contributed by atoms with Crippen molar-refractivity contribution in [3.8, 4) is 5.69 Å². The van der Waals surface area contributed by atoms with Gasteiger partial charge in [0.05, 0.1) is 17.9 Å². The van der Waals surface area contributed by atoms with Crippen molar-refractivity contribution in [1.29, 1.82) is 0 Å². The lowest BCUT2D eigenvalue weighted by molar-refractivity contribution is 0.123. The number of aliphatic imine (C=N–C) groups is 1. The Labute approximate surface area is 172 Å². The van der Waals surface area contributed by atoms with Crippen molar-refractivity contribution >= 4 is 29.9 Å². The van der Waals surface area contributed by atoms with E-state index in [2.05, 4.69) is 20.7 Å². The number of para-hydroxylation sites is 1. The summed E-state index contributed by atoms with van der Waals surface area (Å²) < 4.78 is 7.51. The Balaban J connectivity index is 0.00000243. The van der Waals surface area contributed by atoms with Crippen LogP contribution in [0.15, 0.2) is 47.6 Å². The Kier molecular flexibility index (Phi) is 8.90. The van der Waals surface area contributed by atoms with Gasteiger partial charge in [-0.1, -0.05) is 18.2 Å². The average Bonchev–Trinajstić information content (AvgIpc) is 3.36. The van der Waals surface area contributed by atoms with E-state index < -0.39 is 0 Å². The summed E-state index contributed by atoms with van der Waals surface area (Å²) in [4.78, 5) is 4.24. The fraction of sp³-hybridized carbons (Fsp3) is 0.474. The molecule has 0 radical (unpaired) electrons. The fourth-order valence-corrected chi connectivity index (χ4v) is 2.49. The van der Waals surface area contributed by atoms with E-state index in [1.807, 2.05) is 47.3 Å². The number of rotatable bonds is 9. The summed E-state index contributed by atoms with van der Waals surface area (Å²) >= 11 is 0. The molecule has 2 N–H and O–H groups in total. The van der Waals surface area contributed by atoms with Crippen molar-refractivity contribution in [1.82, 2.24) is 20.4 Å². The molecule has 6 nitrogen and oxygen atoms in total. The lowest BCUT2D eigenvalue weighted by atomic mass is 10.3. The standard InChI is InChI=1S/C19H27N5O.HI/c1-20-19(21-11-5-13-25-15-16-8-9-16)22-14-17-10-12-24(23-17)18-6-3-2-4-7-18;/h2-4,6-7,10,12,16H,5,8-9,11,13-15H2,1H3,(H2,20,21,22);1H. The van der Waals surface area contributed by atoms with Gasteiger partial charge in [-0.05, 0) is 43.4 Å². The molecule has 1 aromatic heterocycles. The summed E-state index contributed by atoms with van der Waals surface area (Å²) in [7, 11) is 1.78. The Bertz CT molecular complexity index is 670. The van der Waals surface area contributed by atoms with E-state index in [0.717, 1.165) is 49.4 Å². The van der Waals surface area contributed by atoms with Gasteiger partial charge in [0.2, 0.25) is 0 Å². The van der Waals surface area contributed by atoms with Gasteiger partial charge in [0.1, 0.15) is 0 Å². The van der Waals surface area contributed by atoms with Crippen molar-refractivity contribution < 1.29 is 4.74 Å². The van der Waals surface area contributed by atoms with Crippen LogP contribution in [0.25, 0.3) is 5.69 Å². The van der Waals surface area contributed by atoms with Crippen molar-refractivity contribution in [3.05, 3.63) is 48.3 Å². The highest BCUT2D eigenvalue weighted by atomic mass is 127. The van der Waals surface area contributed by atoms with Crippen LogP contribution < -0.4 is 10.6 Å². The topological polar surface area (TPSA) is 63.5 Å². The predicted molar refractivity (Wildman–Crippen MR) is 115 cm³/mol. The third kappa shape index (κ3) is 6.95. The summed E-state index contributed by atoms with van der Waals surface area (Å²) in [6.07, 6.45) is 5.64. The molecule has 0 saturated heterocycles. The smallest absolute Gasteiger partial charge is 0.191 e. The SMILES string of the molecule is CN=C(NCCCOCC1CC1)NCc1ccn(-c2ccccc2)n1.I. The van der Waals surface area contributed by atoms with Gasteiger partial charge in [0.15, 0.2) is 5.96 Å². The first-order valence-electron chi connectivity index (χ1n) is 8.97. The molecular weight excluding hydrogens is 441 g/mol. The van der Waals surface area contributed by atoms with Gasteiger partial charge in [-0.2, -0.15) is 5.10 Å². The third-order valence-electron chi connectivity index (χ3n) is 4.13. The number of guanidine groups is 1. The quantitative estimate of drug-likeness (QED) is 0.257. The van der Waals surface area contributed by atoms with Crippen molar-refractivity contribution in [2.24, 2.45) is 10.9 Å². The van der Waals surface area contributed by atoms with Crippen LogP contribution in [0.4, 0.5) is 0 Å². The zero-order valence-corrected chi connectivity index (χ0v) is 17.6. The minimum absolute atomic E-state index is 0. The number of nitrogens with one attached hydrogen (secondary N) is 2. The highest BCUT2D eigenvalue weighted by molar-refractivity contribution is 14.0. The van der Waals surface area contributed by atoms with Crippen LogP contribution in [0.5, 0.6) is 0 Å². The molecule has 0 bridgehead atoms. The van der Waals surface area contributed by atoms with Gasteiger partial charge in [0, 0.05) is 33.0 Å². The molecule has 0 atom stereocenters. The van der Waals surface area contributed by atoms with Crippen molar-refractivity contribution in [3.63, 3.8) is 0 Å². The van der Waals surface area contributed by atoms with E-state index >= 15 is 0 Å². The number of hydrogen-bond donors (Lipinski definition) is 2. The molecule has 0 amide bonds. The number of halogens is 1. The molecule has 1 heterocycles. The van der Waals surface area contributed by atoms with E-state index in [9.17, 15) is 0 Å². The molecule has 7 heteroatoms. The third-order valence-corrected chi connectivity index (χ3v) is 4.13. The van der Waals surface area contributed by atoms with E-state index in [0.29, 0.717) is 6.54 Å². The van der Waals surface area contributed by atoms with Crippen LogP contribution in [0, 0.1) is 5.92 Å². The summed E-state index contributed by atoms with van der Waals surface area (Å²) in [5.41, 5.74) is 2.03. The van der Waals surface area contributed by atoms with E-state index in [4.69, 9.17) is 4.74 Å². The van der Waals surface area contributed by atoms with Crippen LogP contribution in [-0.2, 0) is 11.3 Å². The second-order valence-electron chi connectivity index (χ2n) is 6.31. The minimum Gasteiger partial charge on any atom is -0.381 e. The zero-order chi connectivity index (χ0) is 17.3. The van der Waals surface area contributed by atoms with Crippen molar-refractivity contribution in [2.45, 2.75) is 25.8 Å². The molecule has 2 aromatic rings. The van der Waals surface area contributed by atoms with Crippen LogP contribution in [0.2, 0.25) is 0 Å². The lowest BCUT2D eigenvalue weighted by Crippen LogP contribution is -2.37. The van der Waals surface area contributed by atoms with Crippen LogP contribution in [-0.4, -0.2) is 42.5 Å². The Morgan fingerprint density at radius 3 is 2.77 bits per heavy atom. The summed E-state index contributed by atoms with van der Waals surface area (Å²) in [5.74, 6) is 1.62. The summed E-state index contributed by atoms with van der Waals surface area (Å²) in [5, 5.41) is 11.2. The molecule has 0 aliphatic heterocycles. The van der Waals surface area contributed by atoms with E-state index in [1.54, 1.807) is 7.05 Å². The molecule has 142 valence electrons. The van der Waals surface area contributed by atoms with Gasteiger partial charge in [-0.25, -0.2) is 4.68 Å². The molecular formula is C19H28IN5O. The van der Waals surface area contributed by atoms with Crippen molar-refractivity contribution in [2.75, 3.05) is 26.8 Å². The van der Waals surface area contributed by atoms with Crippen LogP contribution in [0.1, 0.15) is 25.0 Å². The highest BCUT2D eigenvalue weighted by Gasteiger charge is 2.20. The Morgan fingerprint density at radius 1 is 1.23 bits per heavy atom. The fourth-order valence-electron chi connectivity index (χ4n) is 2.49. The van der Waals surface area contributed by atoms with Gasteiger partial charge in [-0.3, -0.25) is 4.99 Å². The first-order valence-corrected chi connectivity index (χ1v) is 8.97. The van der Waals surface area contributed by atoms with E-state index in [1.165, 1.54) is 12.8 Å². The van der Waals surface area contributed by atoms with Gasteiger partial charge in [0.25, 0.3) is 0 Å². The minimum atomic E-state index is 0. The summed E-state index contributed by atoms with van der Waals surface area (Å²) in [6.45, 7) is 3.22. The first-order chi connectivity index (χ1) is 12.3. The Morgan fingerprint density at radius 2 is 2.04 bits per heavy atom.